The molecule has 0 aliphatic heterocycles. The molecule has 0 rings (SSSR count). The van der Waals surface area contributed by atoms with E-state index >= 15 is 0 Å². The van der Waals surface area contributed by atoms with Gasteiger partial charge in [-0.3, -0.25) is 0 Å². The van der Waals surface area contributed by atoms with Crippen molar-refractivity contribution in [2.24, 2.45) is 5.92 Å². The van der Waals surface area contributed by atoms with Crippen molar-refractivity contribution in [3.05, 3.63) is 12.2 Å². The van der Waals surface area contributed by atoms with Crippen LogP contribution in [0.4, 0.5) is 0 Å². The van der Waals surface area contributed by atoms with Crippen LogP contribution in [0.5, 0.6) is 0 Å². The van der Waals surface area contributed by atoms with Gasteiger partial charge in [-0.1, -0.05) is 33.3 Å². The topological polar surface area (TPSA) is 37.3 Å². The lowest BCUT2D eigenvalue weighted by Crippen LogP contribution is -2.04. The molecule has 0 aliphatic rings. The zero-order valence-corrected chi connectivity index (χ0v) is 7.26. The maximum Gasteiger partial charge on any atom is 0.330 e. The van der Waals surface area contributed by atoms with Crippen molar-refractivity contribution in [2.45, 2.75) is 33.1 Å². The van der Waals surface area contributed by atoms with Gasteiger partial charge >= 0.3 is 5.97 Å². The summed E-state index contributed by atoms with van der Waals surface area (Å²) in [5.41, 5.74) is 0.325. The number of aliphatic carboxylic acids is 1. The lowest BCUT2D eigenvalue weighted by Gasteiger charge is -2.08. The van der Waals surface area contributed by atoms with E-state index < -0.39 is 5.97 Å². The fraction of sp³-hybridized carbons (Fsp3) is 0.667. The van der Waals surface area contributed by atoms with Gasteiger partial charge in [-0.25, -0.2) is 4.79 Å². The molecule has 1 unspecified atom stereocenters. The molecule has 0 radical (unpaired) electrons. The molecule has 2 nitrogen and oxygen atoms in total. The van der Waals surface area contributed by atoms with Crippen LogP contribution in [0.1, 0.15) is 33.1 Å². The predicted molar refractivity (Wildman–Crippen MR) is 45.5 cm³/mol. The van der Waals surface area contributed by atoms with Crippen molar-refractivity contribution in [3.8, 4) is 0 Å². The Morgan fingerprint density at radius 2 is 2.18 bits per heavy atom. The minimum Gasteiger partial charge on any atom is -0.478 e. The van der Waals surface area contributed by atoms with E-state index in [0.29, 0.717) is 17.9 Å². The summed E-state index contributed by atoms with van der Waals surface area (Å²) < 4.78 is 0. The second kappa shape index (κ2) is 4.94. The molecule has 1 N–H and O–H groups in total. The van der Waals surface area contributed by atoms with Crippen molar-refractivity contribution in [1.82, 2.24) is 0 Å². The quantitative estimate of drug-likeness (QED) is 0.621. The van der Waals surface area contributed by atoms with Gasteiger partial charge in [-0.05, 0) is 12.3 Å². The first-order valence-corrected chi connectivity index (χ1v) is 3.99. The highest BCUT2D eigenvalue weighted by Gasteiger charge is 2.08. The summed E-state index contributed by atoms with van der Waals surface area (Å²) in [7, 11) is 0. The van der Waals surface area contributed by atoms with Gasteiger partial charge in [0, 0.05) is 5.57 Å². The Kier molecular flexibility index (Phi) is 4.59. The number of hydrogen-bond donors (Lipinski definition) is 1. The van der Waals surface area contributed by atoms with E-state index in [1.807, 2.05) is 0 Å². The van der Waals surface area contributed by atoms with Crippen molar-refractivity contribution < 1.29 is 9.90 Å². The highest BCUT2D eigenvalue weighted by atomic mass is 16.4. The standard InChI is InChI=1S/C9H16O2/c1-4-5-7(2)6-8(3)9(10)11/h7H,3-6H2,1-2H3,(H,10,11). The summed E-state index contributed by atoms with van der Waals surface area (Å²) in [6.07, 6.45) is 2.80. The maximum absolute atomic E-state index is 10.3. The van der Waals surface area contributed by atoms with Crippen molar-refractivity contribution in [3.63, 3.8) is 0 Å². The molecule has 0 spiro atoms. The van der Waals surface area contributed by atoms with Crippen LogP contribution in [-0.2, 0) is 4.79 Å². The molecule has 0 aliphatic carbocycles. The highest BCUT2D eigenvalue weighted by Crippen LogP contribution is 2.14. The molecule has 64 valence electrons. The molecular formula is C9H16O2. The molecule has 0 aromatic carbocycles. The van der Waals surface area contributed by atoms with E-state index in [-0.39, 0.29) is 0 Å². The highest BCUT2D eigenvalue weighted by molar-refractivity contribution is 5.85. The fourth-order valence-corrected chi connectivity index (χ4v) is 1.10. The lowest BCUT2D eigenvalue weighted by molar-refractivity contribution is -0.132. The summed E-state index contributed by atoms with van der Waals surface area (Å²) in [6, 6.07) is 0. The fourth-order valence-electron chi connectivity index (χ4n) is 1.10. The minimum absolute atomic E-state index is 0.325. The Bertz CT molecular complexity index is 150. The number of rotatable bonds is 5. The molecular weight excluding hydrogens is 140 g/mol. The molecule has 0 aromatic heterocycles. The number of carboxylic acids is 1. The average molecular weight is 156 g/mol. The Morgan fingerprint density at radius 3 is 2.55 bits per heavy atom. The smallest absolute Gasteiger partial charge is 0.330 e. The number of carbonyl (C=O) groups is 1. The summed E-state index contributed by atoms with van der Waals surface area (Å²) in [5.74, 6) is -0.420. The normalized spacial score (nSPS) is 12.5. The molecule has 1 atom stereocenters. The third kappa shape index (κ3) is 4.59. The molecule has 0 saturated heterocycles. The second-order valence-corrected chi connectivity index (χ2v) is 3.01. The number of carboxylic acid groups (broad SMARTS) is 1. The average Bonchev–Trinajstić information content (AvgIpc) is 1.87. The zero-order chi connectivity index (χ0) is 8.85. The first-order valence-electron chi connectivity index (χ1n) is 3.99. The molecule has 0 amide bonds. The van der Waals surface area contributed by atoms with E-state index in [0.717, 1.165) is 12.8 Å². The van der Waals surface area contributed by atoms with Gasteiger partial charge in [-0.2, -0.15) is 0 Å². The van der Waals surface area contributed by atoms with Crippen molar-refractivity contribution in [2.75, 3.05) is 0 Å². The Hall–Kier alpha value is -0.790. The SMILES string of the molecule is C=C(CC(C)CCC)C(=O)O. The monoisotopic (exact) mass is 156 g/mol. The van der Waals surface area contributed by atoms with E-state index in [1.54, 1.807) is 0 Å². The molecule has 0 saturated carbocycles. The van der Waals surface area contributed by atoms with Crippen LogP contribution < -0.4 is 0 Å². The first-order chi connectivity index (χ1) is 5.07. The van der Waals surface area contributed by atoms with Crippen LogP contribution >= 0.6 is 0 Å². The van der Waals surface area contributed by atoms with Gasteiger partial charge in [0.1, 0.15) is 0 Å². The minimum atomic E-state index is -0.868. The molecule has 0 fully saturated rings. The van der Waals surface area contributed by atoms with Crippen LogP contribution in [0.25, 0.3) is 0 Å². The van der Waals surface area contributed by atoms with Gasteiger partial charge in [0.25, 0.3) is 0 Å². The summed E-state index contributed by atoms with van der Waals surface area (Å²) in [6.45, 7) is 7.63. The molecule has 0 heterocycles. The van der Waals surface area contributed by atoms with E-state index in [9.17, 15) is 4.79 Å². The van der Waals surface area contributed by atoms with Gasteiger partial charge < -0.3 is 5.11 Å². The van der Waals surface area contributed by atoms with E-state index in [1.165, 1.54) is 0 Å². The Balaban J connectivity index is 3.66. The maximum atomic E-state index is 10.3. The van der Waals surface area contributed by atoms with Crippen molar-refractivity contribution in [1.29, 1.82) is 0 Å². The van der Waals surface area contributed by atoms with Crippen LogP contribution in [0.3, 0.4) is 0 Å². The number of hydrogen-bond acceptors (Lipinski definition) is 1. The molecule has 2 heteroatoms. The zero-order valence-electron chi connectivity index (χ0n) is 7.26. The van der Waals surface area contributed by atoms with Crippen LogP contribution in [0.15, 0.2) is 12.2 Å². The van der Waals surface area contributed by atoms with E-state index in [4.69, 9.17) is 5.11 Å². The van der Waals surface area contributed by atoms with Gasteiger partial charge in [0.2, 0.25) is 0 Å². The first kappa shape index (κ1) is 10.2. The molecule has 11 heavy (non-hydrogen) atoms. The van der Waals surface area contributed by atoms with Gasteiger partial charge in [0.15, 0.2) is 0 Å². The largest absolute Gasteiger partial charge is 0.478 e. The van der Waals surface area contributed by atoms with Gasteiger partial charge in [0.05, 0.1) is 0 Å². The Morgan fingerprint density at radius 1 is 1.64 bits per heavy atom. The van der Waals surface area contributed by atoms with E-state index in [2.05, 4.69) is 20.4 Å². The van der Waals surface area contributed by atoms with Crippen molar-refractivity contribution >= 4 is 5.97 Å². The second-order valence-electron chi connectivity index (χ2n) is 3.01. The van der Waals surface area contributed by atoms with Crippen LogP contribution in [0, 0.1) is 5.92 Å². The Labute approximate surface area is 67.9 Å². The molecule has 0 bridgehead atoms. The van der Waals surface area contributed by atoms with Gasteiger partial charge in [-0.15, -0.1) is 0 Å². The predicted octanol–water partition coefficient (Wildman–Crippen LogP) is 2.45. The summed E-state index contributed by atoms with van der Waals surface area (Å²) in [4.78, 5) is 10.3. The third-order valence-corrected chi connectivity index (χ3v) is 1.68. The third-order valence-electron chi connectivity index (χ3n) is 1.68. The van der Waals surface area contributed by atoms with Crippen LogP contribution in [0.2, 0.25) is 0 Å². The van der Waals surface area contributed by atoms with Crippen LogP contribution in [-0.4, -0.2) is 11.1 Å². The lowest BCUT2D eigenvalue weighted by atomic mass is 9.98. The summed E-state index contributed by atoms with van der Waals surface area (Å²) >= 11 is 0. The summed E-state index contributed by atoms with van der Waals surface area (Å²) in [5, 5.41) is 8.50. The molecule has 0 aromatic rings.